The van der Waals surface area contributed by atoms with Crippen LogP contribution >= 0.6 is 0 Å². The van der Waals surface area contributed by atoms with Crippen molar-refractivity contribution >= 4 is 15.7 Å². The molecule has 0 radical (unpaired) electrons. The molecule has 0 saturated carbocycles. The molecule has 0 heterocycles. The van der Waals surface area contributed by atoms with Crippen molar-refractivity contribution in [1.29, 1.82) is 0 Å². The second-order valence-corrected chi connectivity index (χ2v) is 6.61. The van der Waals surface area contributed by atoms with E-state index in [2.05, 4.69) is 4.72 Å². The minimum Gasteiger partial charge on any atom is -0.399 e. The van der Waals surface area contributed by atoms with E-state index in [1.165, 1.54) is 12.1 Å². The molecular weight excluding hydrogens is 291 g/mol. The third kappa shape index (κ3) is 3.59. The van der Waals surface area contributed by atoms with Crippen LogP contribution in [-0.2, 0) is 10.0 Å². The van der Waals surface area contributed by atoms with E-state index in [0.717, 1.165) is 11.6 Å². The Bertz CT molecular complexity index is 760. The Kier molecular flexibility index (Phi) is 4.29. The van der Waals surface area contributed by atoms with E-state index in [9.17, 15) is 12.8 Å². The van der Waals surface area contributed by atoms with Crippen LogP contribution in [0.2, 0.25) is 0 Å². The number of anilines is 1. The van der Waals surface area contributed by atoms with Gasteiger partial charge in [0.05, 0.1) is 4.90 Å². The Hall–Kier alpha value is -1.92. The molecule has 21 heavy (non-hydrogen) atoms. The molecule has 3 N–H and O–H groups in total. The first kappa shape index (κ1) is 15.5. The van der Waals surface area contributed by atoms with Crippen LogP contribution in [0.25, 0.3) is 0 Å². The maximum Gasteiger partial charge on any atom is 0.241 e. The van der Waals surface area contributed by atoms with Crippen molar-refractivity contribution in [3.63, 3.8) is 0 Å². The molecule has 1 unspecified atom stereocenters. The summed E-state index contributed by atoms with van der Waals surface area (Å²) < 4.78 is 40.4. The van der Waals surface area contributed by atoms with Gasteiger partial charge in [-0.25, -0.2) is 17.5 Å². The third-order valence-corrected chi connectivity index (χ3v) is 4.87. The number of aryl methyl sites for hydroxylation is 1. The fraction of sp³-hybridized carbons (Fsp3) is 0.200. The molecule has 0 fully saturated rings. The quantitative estimate of drug-likeness (QED) is 0.853. The Labute approximate surface area is 123 Å². The van der Waals surface area contributed by atoms with Crippen molar-refractivity contribution in [3.05, 3.63) is 59.4 Å². The summed E-state index contributed by atoms with van der Waals surface area (Å²) in [6.07, 6.45) is 0. The van der Waals surface area contributed by atoms with Crippen LogP contribution in [0.15, 0.2) is 47.4 Å². The molecule has 1 atom stereocenters. The van der Waals surface area contributed by atoms with Crippen LogP contribution in [0.3, 0.4) is 0 Å². The van der Waals surface area contributed by atoms with Gasteiger partial charge in [-0.15, -0.1) is 0 Å². The number of nitrogens with two attached hydrogens (primary N) is 1. The lowest BCUT2D eigenvalue weighted by atomic mass is 10.1. The van der Waals surface area contributed by atoms with Gasteiger partial charge in [0.2, 0.25) is 10.0 Å². The number of rotatable bonds is 4. The first-order valence-corrected chi connectivity index (χ1v) is 7.92. The third-order valence-electron chi connectivity index (χ3n) is 3.17. The van der Waals surface area contributed by atoms with E-state index in [4.69, 9.17) is 5.73 Å². The molecule has 112 valence electrons. The SMILES string of the molecule is Cc1cc(F)ccc1S(=O)(=O)NC(C)c1cccc(N)c1. The van der Waals surface area contributed by atoms with Crippen LogP contribution in [0.5, 0.6) is 0 Å². The van der Waals surface area contributed by atoms with Gasteiger partial charge < -0.3 is 5.73 Å². The monoisotopic (exact) mass is 308 g/mol. The van der Waals surface area contributed by atoms with Gasteiger partial charge >= 0.3 is 0 Å². The van der Waals surface area contributed by atoms with Crippen molar-refractivity contribution in [3.8, 4) is 0 Å². The topological polar surface area (TPSA) is 72.2 Å². The average Bonchev–Trinajstić information content (AvgIpc) is 2.37. The van der Waals surface area contributed by atoms with Crippen molar-refractivity contribution in [2.75, 3.05) is 5.73 Å². The first-order valence-electron chi connectivity index (χ1n) is 6.43. The summed E-state index contributed by atoms with van der Waals surface area (Å²) in [5.74, 6) is -0.463. The molecule has 4 nitrogen and oxygen atoms in total. The zero-order chi connectivity index (χ0) is 15.6. The molecule has 0 aliphatic carbocycles. The molecule has 0 amide bonds. The molecular formula is C15H17FN2O2S. The van der Waals surface area contributed by atoms with Gasteiger partial charge in [-0.2, -0.15) is 0 Å². The van der Waals surface area contributed by atoms with Gasteiger partial charge in [0, 0.05) is 11.7 Å². The highest BCUT2D eigenvalue weighted by Crippen LogP contribution is 2.21. The minimum atomic E-state index is -3.73. The van der Waals surface area contributed by atoms with Gasteiger partial charge in [0.15, 0.2) is 0 Å². The van der Waals surface area contributed by atoms with Crippen molar-refractivity contribution in [1.82, 2.24) is 4.72 Å². The minimum absolute atomic E-state index is 0.0691. The number of nitrogens with one attached hydrogen (secondary N) is 1. The number of nitrogen functional groups attached to an aromatic ring is 1. The second-order valence-electron chi connectivity index (χ2n) is 4.92. The molecule has 0 aliphatic rings. The average molecular weight is 308 g/mol. The van der Waals surface area contributed by atoms with E-state index >= 15 is 0 Å². The summed E-state index contributed by atoms with van der Waals surface area (Å²) in [5, 5.41) is 0. The molecule has 0 saturated heterocycles. The number of sulfonamides is 1. The summed E-state index contributed by atoms with van der Waals surface area (Å²) in [7, 11) is -3.73. The highest BCUT2D eigenvalue weighted by atomic mass is 32.2. The molecule has 2 aromatic carbocycles. The molecule has 2 aromatic rings. The van der Waals surface area contributed by atoms with Gasteiger partial charge in [-0.1, -0.05) is 12.1 Å². The van der Waals surface area contributed by atoms with Crippen LogP contribution in [0, 0.1) is 12.7 Å². The molecule has 6 heteroatoms. The van der Waals surface area contributed by atoms with E-state index in [1.807, 2.05) is 0 Å². The summed E-state index contributed by atoms with van der Waals surface area (Å²) in [6.45, 7) is 3.29. The maximum atomic E-state index is 13.1. The maximum absolute atomic E-state index is 13.1. The normalized spacial score (nSPS) is 13.1. The van der Waals surface area contributed by atoms with Gasteiger partial charge in [-0.3, -0.25) is 0 Å². The Morgan fingerprint density at radius 2 is 1.90 bits per heavy atom. The Morgan fingerprint density at radius 1 is 1.19 bits per heavy atom. The zero-order valence-corrected chi connectivity index (χ0v) is 12.6. The van der Waals surface area contributed by atoms with Crippen molar-refractivity contribution in [2.45, 2.75) is 24.8 Å². The number of benzene rings is 2. The smallest absolute Gasteiger partial charge is 0.241 e. The highest BCUT2D eigenvalue weighted by molar-refractivity contribution is 7.89. The lowest BCUT2D eigenvalue weighted by Crippen LogP contribution is -2.27. The van der Waals surface area contributed by atoms with Gasteiger partial charge in [0.25, 0.3) is 0 Å². The zero-order valence-electron chi connectivity index (χ0n) is 11.8. The van der Waals surface area contributed by atoms with Crippen molar-refractivity contribution in [2.24, 2.45) is 0 Å². The molecule has 0 bridgehead atoms. The Balaban J connectivity index is 2.29. The van der Waals surface area contributed by atoms with E-state index in [1.54, 1.807) is 38.1 Å². The number of halogens is 1. The lowest BCUT2D eigenvalue weighted by Gasteiger charge is -2.16. The van der Waals surface area contributed by atoms with E-state index in [0.29, 0.717) is 11.3 Å². The molecule has 0 spiro atoms. The first-order chi connectivity index (χ1) is 9.79. The lowest BCUT2D eigenvalue weighted by molar-refractivity contribution is 0.565. The van der Waals surface area contributed by atoms with Crippen LogP contribution in [-0.4, -0.2) is 8.42 Å². The van der Waals surface area contributed by atoms with E-state index < -0.39 is 21.9 Å². The van der Waals surface area contributed by atoms with Crippen molar-refractivity contribution < 1.29 is 12.8 Å². The van der Waals surface area contributed by atoms with Crippen LogP contribution in [0.4, 0.5) is 10.1 Å². The fourth-order valence-corrected chi connectivity index (χ4v) is 3.57. The van der Waals surface area contributed by atoms with E-state index in [-0.39, 0.29) is 4.90 Å². The molecule has 0 aliphatic heterocycles. The van der Waals surface area contributed by atoms with Gasteiger partial charge in [-0.05, 0) is 55.3 Å². The summed E-state index contributed by atoms with van der Waals surface area (Å²) in [4.78, 5) is 0.0691. The second kappa shape index (κ2) is 5.83. The number of hydrogen-bond acceptors (Lipinski definition) is 3. The molecule has 0 aromatic heterocycles. The standard InChI is InChI=1S/C15H17FN2O2S/c1-10-8-13(16)6-7-15(10)21(19,20)18-11(2)12-4-3-5-14(17)9-12/h3-9,11,18H,17H2,1-2H3. The summed E-state index contributed by atoms with van der Waals surface area (Å²) >= 11 is 0. The van der Waals surface area contributed by atoms with Gasteiger partial charge in [0.1, 0.15) is 5.82 Å². The largest absolute Gasteiger partial charge is 0.399 e. The van der Waals surface area contributed by atoms with Crippen LogP contribution in [0.1, 0.15) is 24.1 Å². The summed E-state index contributed by atoms with van der Waals surface area (Å²) in [5.41, 5.74) is 7.38. The van der Waals surface area contributed by atoms with Crippen LogP contribution < -0.4 is 10.5 Å². The highest BCUT2D eigenvalue weighted by Gasteiger charge is 2.20. The predicted octanol–water partition coefficient (Wildman–Crippen LogP) is 2.76. The predicted molar refractivity (Wildman–Crippen MR) is 80.7 cm³/mol. The molecule has 2 rings (SSSR count). The Morgan fingerprint density at radius 3 is 2.52 bits per heavy atom. The summed E-state index contributed by atoms with van der Waals surface area (Å²) in [6, 6.07) is 10.1. The number of hydrogen-bond donors (Lipinski definition) is 2. The fourth-order valence-electron chi connectivity index (χ4n) is 2.11.